The van der Waals surface area contributed by atoms with Crippen molar-refractivity contribution in [2.24, 2.45) is 0 Å². The highest BCUT2D eigenvalue weighted by Crippen LogP contribution is 2.37. The van der Waals surface area contributed by atoms with E-state index >= 15 is 0 Å². The van der Waals surface area contributed by atoms with E-state index < -0.39 is 0 Å². The number of nitrogens with one attached hydrogen (secondary N) is 1. The van der Waals surface area contributed by atoms with Crippen LogP contribution in [0, 0.1) is 41.5 Å². The van der Waals surface area contributed by atoms with Crippen LogP contribution in [0.4, 0.5) is 11.4 Å². The predicted octanol–water partition coefficient (Wildman–Crippen LogP) is 5.93. The number of nitrogens with zero attached hydrogens (tertiary/aromatic N) is 1. The van der Waals surface area contributed by atoms with Gasteiger partial charge in [0.05, 0.1) is 11.3 Å². The number of aryl methyl sites for hydroxylation is 6. The average molecular weight is 425 g/mol. The van der Waals surface area contributed by atoms with Gasteiger partial charge in [0.1, 0.15) is 5.70 Å². The van der Waals surface area contributed by atoms with E-state index in [1.54, 1.807) is 0 Å². The van der Waals surface area contributed by atoms with E-state index in [2.05, 4.69) is 11.4 Å². The maximum absolute atomic E-state index is 13.7. The standard InChI is InChI=1S/C28H28N2O2/c1-16-7-10-22(19(4)13-16)25-26(29-23-11-8-17(2)14-20(23)5)28(32)30(27(25)31)24-12-9-18(3)15-21(24)6/h7-15,29H,1-6H3. The summed E-state index contributed by atoms with van der Waals surface area (Å²) in [5.41, 5.74) is 9.13. The number of rotatable bonds is 4. The third-order valence-electron chi connectivity index (χ3n) is 5.97. The van der Waals surface area contributed by atoms with Crippen LogP contribution in [-0.4, -0.2) is 11.8 Å². The first-order chi connectivity index (χ1) is 15.2. The first-order valence-corrected chi connectivity index (χ1v) is 10.8. The van der Waals surface area contributed by atoms with Crippen LogP contribution in [0.3, 0.4) is 0 Å². The third-order valence-corrected chi connectivity index (χ3v) is 5.97. The fourth-order valence-electron chi connectivity index (χ4n) is 4.35. The molecule has 0 spiro atoms. The molecule has 2 amide bonds. The SMILES string of the molecule is Cc1ccc(NC2=C(c3ccc(C)cc3C)C(=O)N(c3ccc(C)cc3C)C2=O)c(C)c1. The summed E-state index contributed by atoms with van der Waals surface area (Å²) in [5, 5.41) is 3.31. The molecule has 0 aromatic heterocycles. The van der Waals surface area contributed by atoms with Gasteiger partial charge in [0.25, 0.3) is 11.8 Å². The zero-order valence-electron chi connectivity index (χ0n) is 19.5. The van der Waals surface area contributed by atoms with Crippen LogP contribution in [-0.2, 0) is 9.59 Å². The van der Waals surface area contributed by atoms with Gasteiger partial charge < -0.3 is 5.32 Å². The number of hydrogen-bond acceptors (Lipinski definition) is 3. The average Bonchev–Trinajstić information content (AvgIpc) is 2.94. The van der Waals surface area contributed by atoms with Crippen LogP contribution >= 0.6 is 0 Å². The van der Waals surface area contributed by atoms with Crippen LogP contribution in [0.25, 0.3) is 5.57 Å². The number of imide groups is 1. The van der Waals surface area contributed by atoms with Gasteiger partial charge in [-0.1, -0.05) is 59.2 Å². The minimum Gasteiger partial charge on any atom is -0.350 e. The number of carbonyl (C=O) groups excluding carboxylic acids is 2. The van der Waals surface area contributed by atoms with Crippen LogP contribution in [0.2, 0.25) is 0 Å². The summed E-state index contributed by atoms with van der Waals surface area (Å²) < 4.78 is 0. The zero-order chi connectivity index (χ0) is 23.2. The normalized spacial score (nSPS) is 13.9. The first-order valence-electron chi connectivity index (χ1n) is 10.8. The fraction of sp³-hybridized carbons (Fsp3) is 0.214. The monoisotopic (exact) mass is 424 g/mol. The molecule has 1 aliphatic heterocycles. The maximum Gasteiger partial charge on any atom is 0.282 e. The van der Waals surface area contributed by atoms with Crippen LogP contribution in [0.1, 0.15) is 38.9 Å². The Morgan fingerprint density at radius 3 is 1.78 bits per heavy atom. The molecule has 0 atom stereocenters. The number of hydrogen-bond donors (Lipinski definition) is 1. The van der Waals surface area contributed by atoms with Crippen molar-refractivity contribution in [1.82, 2.24) is 0 Å². The Kier molecular flexibility index (Phi) is 5.47. The molecule has 0 bridgehead atoms. The molecular weight excluding hydrogens is 396 g/mol. The Morgan fingerprint density at radius 1 is 0.625 bits per heavy atom. The minimum atomic E-state index is -0.336. The molecular formula is C28H28N2O2. The van der Waals surface area contributed by atoms with Gasteiger partial charge in [-0.2, -0.15) is 0 Å². The smallest absolute Gasteiger partial charge is 0.282 e. The molecule has 4 rings (SSSR count). The molecule has 1 heterocycles. The lowest BCUT2D eigenvalue weighted by Gasteiger charge is -2.18. The third kappa shape index (κ3) is 3.73. The van der Waals surface area contributed by atoms with Crippen molar-refractivity contribution < 1.29 is 9.59 Å². The summed E-state index contributed by atoms with van der Waals surface area (Å²) in [5.74, 6) is -0.641. The Bertz CT molecular complexity index is 1300. The maximum atomic E-state index is 13.7. The second kappa shape index (κ2) is 8.12. The lowest BCUT2D eigenvalue weighted by atomic mass is 9.97. The molecule has 0 saturated heterocycles. The molecule has 0 aliphatic carbocycles. The molecule has 0 unspecified atom stereocenters. The highest BCUT2D eigenvalue weighted by Gasteiger charge is 2.41. The number of anilines is 2. The van der Waals surface area contributed by atoms with Gasteiger partial charge in [0, 0.05) is 5.69 Å². The molecule has 4 heteroatoms. The highest BCUT2D eigenvalue weighted by atomic mass is 16.2. The number of amides is 2. The molecule has 162 valence electrons. The van der Waals surface area contributed by atoms with Gasteiger partial charge in [-0.25, -0.2) is 4.90 Å². The van der Waals surface area contributed by atoms with Gasteiger partial charge in [-0.05, 0) is 75.9 Å². The summed E-state index contributed by atoms with van der Waals surface area (Å²) in [7, 11) is 0. The Labute approximate surface area is 189 Å². The van der Waals surface area contributed by atoms with Gasteiger partial charge in [0.15, 0.2) is 0 Å². The van der Waals surface area contributed by atoms with E-state index in [9.17, 15) is 9.59 Å². The van der Waals surface area contributed by atoms with Gasteiger partial charge in [0.2, 0.25) is 0 Å². The van der Waals surface area contributed by atoms with E-state index in [-0.39, 0.29) is 11.8 Å². The molecule has 0 saturated carbocycles. The first kappa shape index (κ1) is 21.6. The Morgan fingerprint density at radius 2 is 1.19 bits per heavy atom. The van der Waals surface area contributed by atoms with Crippen molar-refractivity contribution in [2.75, 3.05) is 10.2 Å². The lowest BCUT2D eigenvalue weighted by Crippen LogP contribution is -2.33. The second-order valence-electron chi connectivity index (χ2n) is 8.75. The van der Waals surface area contributed by atoms with Gasteiger partial charge >= 0.3 is 0 Å². The number of benzene rings is 3. The van der Waals surface area contributed by atoms with Crippen molar-refractivity contribution >= 4 is 28.8 Å². The summed E-state index contributed by atoms with van der Waals surface area (Å²) in [6.45, 7) is 11.9. The Balaban J connectivity index is 1.89. The van der Waals surface area contributed by atoms with E-state index in [4.69, 9.17) is 0 Å². The van der Waals surface area contributed by atoms with Crippen molar-refractivity contribution in [2.45, 2.75) is 41.5 Å². The van der Waals surface area contributed by atoms with Crippen LogP contribution < -0.4 is 10.2 Å². The largest absolute Gasteiger partial charge is 0.350 e. The molecule has 3 aromatic rings. The predicted molar refractivity (Wildman–Crippen MR) is 131 cm³/mol. The lowest BCUT2D eigenvalue weighted by molar-refractivity contribution is -0.120. The van der Waals surface area contributed by atoms with Gasteiger partial charge in [-0.3, -0.25) is 9.59 Å². The molecule has 4 nitrogen and oxygen atoms in total. The number of carbonyl (C=O) groups is 2. The molecule has 32 heavy (non-hydrogen) atoms. The summed E-state index contributed by atoms with van der Waals surface area (Å²) in [4.78, 5) is 28.7. The van der Waals surface area contributed by atoms with Crippen molar-refractivity contribution in [3.05, 3.63) is 99.2 Å². The van der Waals surface area contributed by atoms with Crippen molar-refractivity contribution in [3.8, 4) is 0 Å². The van der Waals surface area contributed by atoms with Crippen LogP contribution in [0.5, 0.6) is 0 Å². The van der Waals surface area contributed by atoms with Crippen molar-refractivity contribution in [1.29, 1.82) is 0 Å². The quantitative estimate of drug-likeness (QED) is 0.528. The molecule has 1 N–H and O–H groups in total. The van der Waals surface area contributed by atoms with Crippen molar-refractivity contribution in [3.63, 3.8) is 0 Å². The molecule has 0 radical (unpaired) electrons. The second-order valence-corrected chi connectivity index (χ2v) is 8.75. The molecule has 1 aliphatic rings. The zero-order valence-corrected chi connectivity index (χ0v) is 19.5. The van der Waals surface area contributed by atoms with E-state index in [1.165, 1.54) is 4.90 Å². The highest BCUT2D eigenvalue weighted by molar-refractivity contribution is 6.46. The minimum absolute atomic E-state index is 0.304. The van der Waals surface area contributed by atoms with Crippen LogP contribution in [0.15, 0.2) is 60.3 Å². The summed E-state index contributed by atoms with van der Waals surface area (Å²) >= 11 is 0. The van der Waals surface area contributed by atoms with Gasteiger partial charge in [-0.15, -0.1) is 0 Å². The molecule has 0 fully saturated rings. The van der Waals surface area contributed by atoms with E-state index in [0.717, 1.165) is 44.6 Å². The topological polar surface area (TPSA) is 49.4 Å². The van der Waals surface area contributed by atoms with E-state index in [1.807, 2.05) is 90.1 Å². The summed E-state index contributed by atoms with van der Waals surface area (Å²) in [6.07, 6.45) is 0. The fourth-order valence-corrected chi connectivity index (χ4v) is 4.35. The molecule has 3 aromatic carbocycles. The Hall–Kier alpha value is -3.66. The van der Waals surface area contributed by atoms with E-state index in [0.29, 0.717) is 17.0 Å². The summed E-state index contributed by atoms with van der Waals surface area (Å²) in [6, 6.07) is 17.7.